The molecule has 0 saturated carbocycles. The van der Waals surface area contributed by atoms with Crippen molar-refractivity contribution in [3.63, 3.8) is 0 Å². The van der Waals surface area contributed by atoms with Crippen LogP contribution in [-0.4, -0.2) is 26.3 Å². The van der Waals surface area contributed by atoms with Gasteiger partial charge in [0.1, 0.15) is 0 Å². The monoisotopic (exact) mass is 289 g/mol. The van der Waals surface area contributed by atoms with E-state index < -0.39 is 6.10 Å². The number of aliphatic hydroxyl groups is 1. The molecule has 0 bridgehead atoms. The molecule has 0 fully saturated rings. The van der Waals surface area contributed by atoms with E-state index in [2.05, 4.69) is 15.1 Å². The van der Waals surface area contributed by atoms with Gasteiger partial charge >= 0.3 is 0 Å². The van der Waals surface area contributed by atoms with Crippen molar-refractivity contribution < 1.29 is 9.63 Å². The topological polar surface area (TPSA) is 72.0 Å². The zero-order valence-electron chi connectivity index (χ0n) is 11.3. The zero-order valence-corrected chi connectivity index (χ0v) is 12.1. The van der Waals surface area contributed by atoms with Crippen LogP contribution in [0.2, 0.25) is 0 Å². The van der Waals surface area contributed by atoms with Gasteiger partial charge in [0, 0.05) is 11.8 Å². The molecule has 6 heteroatoms. The van der Waals surface area contributed by atoms with Gasteiger partial charge in [0.15, 0.2) is 0 Å². The lowest BCUT2D eigenvalue weighted by Crippen LogP contribution is -2.17. The summed E-state index contributed by atoms with van der Waals surface area (Å²) in [5.41, 5.74) is 1.80. The Bertz CT molecular complexity index is 720. The lowest BCUT2D eigenvalue weighted by Gasteiger charge is -2.10. The highest BCUT2D eigenvalue weighted by atomic mass is 32.1. The van der Waals surface area contributed by atoms with Crippen LogP contribution in [0.25, 0.3) is 21.6 Å². The Morgan fingerprint density at radius 2 is 2.25 bits per heavy atom. The number of hydrogen-bond donors (Lipinski definition) is 1. The molecule has 5 nitrogen and oxygen atoms in total. The van der Waals surface area contributed by atoms with E-state index in [1.807, 2.05) is 31.4 Å². The van der Waals surface area contributed by atoms with Gasteiger partial charge in [-0.3, -0.25) is 4.98 Å². The van der Waals surface area contributed by atoms with Crippen LogP contribution in [0.1, 0.15) is 19.7 Å². The van der Waals surface area contributed by atoms with Crippen molar-refractivity contribution in [2.45, 2.75) is 26.4 Å². The van der Waals surface area contributed by atoms with Crippen LogP contribution < -0.4 is 0 Å². The summed E-state index contributed by atoms with van der Waals surface area (Å²) in [6, 6.07) is 3.98. The fourth-order valence-corrected chi connectivity index (χ4v) is 2.62. The molecular weight excluding hydrogens is 274 g/mol. The third-order valence-corrected chi connectivity index (χ3v) is 4.04. The Morgan fingerprint density at radius 1 is 1.40 bits per heavy atom. The number of rotatable bonds is 4. The minimum Gasteiger partial charge on any atom is -0.392 e. The molecular formula is C14H15N3O2S. The first-order valence-corrected chi connectivity index (χ1v) is 7.35. The first-order valence-electron chi connectivity index (χ1n) is 6.48. The molecule has 1 atom stereocenters. The van der Waals surface area contributed by atoms with E-state index in [4.69, 9.17) is 4.52 Å². The molecule has 0 aliphatic heterocycles. The summed E-state index contributed by atoms with van der Waals surface area (Å²) >= 11 is 1.63. The molecule has 0 amide bonds. The molecule has 3 rings (SSSR count). The van der Waals surface area contributed by atoms with Gasteiger partial charge in [0.25, 0.3) is 0 Å². The molecule has 0 aliphatic carbocycles. The summed E-state index contributed by atoms with van der Waals surface area (Å²) in [6.07, 6.45) is 1.64. The Balaban J connectivity index is 1.85. The molecule has 3 heterocycles. The van der Waals surface area contributed by atoms with Crippen molar-refractivity contribution in [3.05, 3.63) is 29.6 Å². The summed E-state index contributed by atoms with van der Waals surface area (Å²) < 4.78 is 6.28. The van der Waals surface area contributed by atoms with Crippen LogP contribution in [0.4, 0.5) is 0 Å². The molecule has 0 spiro atoms. The molecule has 0 saturated heterocycles. The SMILES string of the molecule is CC(C)C(O)Cc1nc(-c2cnc3ccsc3c2)no1. The Morgan fingerprint density at radius 3 is 3.05 bits per heavy atom. The predicted molar refractivity (Wildman–Crippen MR) is 77.5 cm³/mol. The maximum absolute atomic E-state index is 9.83. The number of aliphatic hydroxyl groups excluding tert-OH is 1. The van der Waals surface area contributed by atoms with Crippen LogP contribution in [0, 0.1) is 5.92 Å². The van der Waals surface area contributed by atoms with Crippen molar-refractivity contribution in [1.82, 2.24) is 15.1 Å². The molecule has 0 radical (unpaired) electrons. The Kier molecular flexibility index (Phi) is 3.50. The quantitative estimate of drug-likeness (QED) is 0.799. The summed E-state index contributed by atoms with van der Waals surface area (Å²) in [4.78, 5) is 8.68. The normalized spacial score (nSPS) is 13.2. The number of aromatic nitrogens is 3. The molecule has 20 heavy (non-hydrogen) atoms. The standard InChI is InChI=1S/C14H15N3O2S/c1-8(2)11(18)6-13-16-14(17-19-13)9-5-12-10(15-7-9)3-4-20-12/h3-5,7-8,11,18H,6H2,1-2H3. The number of thiophene rings is 1. The fourth-order valence-electron chi connectivity index (χ4n) is 1.84. The zero-order chi connectivity index (χ0) is 14.1. The highest BCUT2D eigenvalue weighted by Crippen LogP contribution is 2.24. The maximum atomic E-state index is 9.83. The Labute approximate surface area is 120 Å². The largest absolute Gasteiger partial charge is 0.392 e. The lowest BCUT2D eigenvalue weighted by atomic mass is 10.0. The van der Waals surface area contributed by atoms with E-state index in [1.54, 1.807) is 17.5 Å². The number of nitrogens with zero attached hydrogens (tertiary/aromatic N) is 3. The van der Waals surface area contributed by atoms with Crippen molar-refractivity contribution >= 4 is 21.6 Å². The van der Waals surface area contributed by atoms with Gasteiger partial charge in [-0.1, -0.05) is 19.0 Å². The van der Waals surface area contributed by atoms with Crippen LogP contribution >= 0.6 is 11.3 Å². The van der Waals surface area contributed by atoms with E-state index >= 15 is 0 Å². The molecule has 0 aromatic carbocycles. The second-order valence-corrected chi connectivity index (χ2v) is 6.00. The van der Waals surface area contributed by atoms with Crippen LogP contribution in [0.3, 0.4) is 0 Å². The molecule has 3 aromatic rings. The summed E-state index contributed by atoms with van der Waals surface area (Å²) in [6.45, 7) is 3.91. The van der Waals surface area contributed by atoms with E-state index in [9.17, 15) is 5.11 Å². The van der Waals surface area contributed by atoms with Gasteiger partial charge < -0.3 is 9.63 Å². The lowest BCUT2D eigenvalue weighted by molar-refractivity contribution is 0.116. The summed E-state index contributed by atoms with van der Waals surface area (Å²) in [5, 5.41) is 15.8. The maximum Gasteiger partial charge on any atom is 0.229 e. The smallest absolute Gasteiger partial charge is 0.229 e. The van der Waals surface area contributed by atoms with Crippen molar-refractivity contribution in [3.8, 4) is 11.4 Å². The minimum absolute atomic E-state index is 0.162. The van der Waals surface area contributed by atoms with Crippen molar-refractivity contribution in [2.75, 3.05) is 0 Å². The highest BCUT2D eigenvalue weighted by molar-refractivity contribution is 7.17. The van der Waals surface area contributed by atoms with Crippen LogP contribution in [0.15, 0.2) is 28.2 Å². The van der Waals surface area contributed by atoms with Gasteiger partial charge in [-0.15, -0.1) is 11.3 Å². The van der Waals surface area contributed by atoms with Crippen LogP contribution in [0.5, 0.6) is 0 Å². The van der Waals surface area contributed by atoms with Gasteiger partial charge in [-0.25, -0.2) is 0 Å². The second-order valence-electron chi connectivity index (χ2n) is 5.06. The first kappa shape index (κ1) is 13.2. The van der Waals surface area contributed by atoms with E-state index in [1.165, 1.54) is 0 Å². The van der Waals surface area contributed by atoms with E-state index in [0.717, 1.165) is 15.8 Å². The average Bonchev–Trinajstić information content (AvgIpc) is 3.05. The number of pyridine rings is 1. The third-order valence-electron chi connectivity index (χ3n) is 3.18. The Hall–Kier alpha value is -1.79. The summed E-state index contributed by atoms with van der Waals surface area (Å²) in [7, 11) is 0. The van der Waals surface area contributed by atoms with Gasteiger partial charge in [-0.05, 0) is 23.4 Å². The van der Waals surface area contributed by atoms with Crippen molar-refractivity contribution in [1.29, 1.82) is 0 Å². The molecule has 1 N–H and O–H groups in total. The number of fused-ring (bicyclic) bond motifs is 1. The molecule has 3 aromatic heterocycles. The van der Waals surface area contributed by atoms with Gasteiger partial charge in [-0.2, -0.15) is 4.98 Å². The second kappa shape index (κ2) is 5.30. The van der Waals surface area contributed by atoms with Gasteiger partial charge in [0.05, 0.1) is 22.7 Å². The first-order chi connectivity index (χ1) is 9.63. The summed E-state index contributed by atoms with van der Waals surface area (Å²) in [5.74, 6) is 1.13. The van der Waals surface area contributed by atoms with E-state index in [0.29, 0.717) is 18.1 Å². The third kappa shape index (κ3) is 2.57. The predicted octanol–water partition coefficient (Wildman–Crippen LogP) is 2.91. The van der Waals surface area contributed by atoms with Crippen molar-refractivity contribution in [2.24, 2.45) is 5.92 Å². The minimum atomic E-state index is -0.471. The molecule has 104 valence electrons. The van der Waals surface area contributed by atoms with Gasteiger partial charge in [0.2, 0.25) is 11.7 Å². The average molecular weight is 289 g/mol. The van der Waals surface area contributed by atoms with Crippen LogP contribution in [-0.2, 0) is 6.42 Å². The fraction of sp³-hybridized carbons (Fsp3) is 0.357. The molecule has 1 unspecified atom stereocenters. The highest BCUT2D eigenvalue weighted by Gasteiger charge is 2.16. The molecule has 0 aliphatic rings. The number of hydrogen-bond acceptors (Lipinski definition) is 6. The van der Waals surface area contributed by atoms with E-state index in [-0.39, 0.29) is 5.92 Å².